The van der Waals surface area contributed by atoms with Crippen molar-refractivity contribution in [2.75, 3.05) is 0 Å². The van der Waals surface area contributed by atoms with E-state index in [1.807, 2.05) is 0 Å². The van der Waals surface area contributed by atoms with Crippen LogP contribution in [-0.4, -0.2) is 22.0 Å². The van der Waals surface area contributed by atoms with Crippen molar-refractivity contribution < 1.29 is 9.53 Å². The molecule has 1 heterocycles. The van der Waals surface area contributed by atoms with Crippen LogP contribution >= 0.6 is 0 Å². The molecule has 0 saturated carbocycles. The lowest BCUT2D eigenvalue weighted by Crippen LogP contribution is -2.18. The van der Waals surface area contributed by atoms with Crippen LogP contribution < -0.4 is 0 Å². The van der Waals surface area contributed by atoms with Gasteiger partial charge in [0.05, 0.1) is 6.10 Å². The van der Waals surface area contributed by atoms with Gasteiger partial charge < -0.3 is 4.74 Å². The van der Waals surface area contributed by atoms with E-state index in [2.05, 4.69) is 11.3 Å². The summed E-state index contributed by atoms with van der Waals surface area (Å²) in [5, 5.41) is 3.59. The van der Waals surface area contributed by atoms with Crippen LogP contribution in [0.2, 0.25) is 0 Å². The van der Waals surface area contributed by atoms with Crippen LogP contribution in [0, 0.1) is 6.20 Å². The van der Waals surface area contributed by atoms with Gasteiger partial charge in [0.25, 0.3) is 0 Å². The maximum absolute atomic E-state index is 11.0. The van der Waals surface area contributed by atoms with Gasteiger partial charge in [-0.3, -0.25) is 0 Å². The molecule has 0 aromatic carbocycles. The normalized spacial score (nSPS) is 10.1. The predicted molar refractivity (Wildman–Crippen MR) is 38.1 cm³/mol. The van der Waals surface area contributed by atoms with Crippen LogP contribution in [0.25, 0.3) is 0 Å². The summed E-state index contributed by atoms with van der Waals surface area (Å²) < 4.78 is 5.93. The van der Waals surface area contributed by atoms with E-state index >= 15 is 0 Å². The molecule has 0 fully saturated rings. The van der Waals surface area contributed by atoms with Gasteiger partial charge in [-0.25, -0.2) is 4.79 Å². The van der Waals surface area contributed by atoms with E-state index in [0.29, 0.717) is 0 Å². The Bertz CT molecular complexity index is 229. The fourth-order valence-electron chi connectivity index (χ4n) is 0.590. The summed E-state index contributed by atoms with van der Waals surface area (Å²) in [5.41, 5.74) is 0. The lowest BCUT2D eigenvalue weighted by atomic mass is 10.5. The minimum Gasteiger partial charge on any atom is -0.445 e. The molecule has 0 aliphatic heterocycles. The second kappa shape index (κ2) is 3.18. The molecule has 0 spiro atoms. The van der Waals surface area contributed by atoms with E-state index in [9.17, 15) is 4.79 Å². The number of hydrogen-bond donors (Lipinski definition) is 0. The maximum atomic E-state index is 11.0. The lowest BCUT2D eigenvalue weighted by molar-refractivity contribution is 0.114. The molecule has 0 bridgehead atoms. The van der Waals surface area contributed by atoms with Crippen LogP contribution in [0.3, 0.4) is 0 Å². The highest BCUT2D eigenvalue weighted by atomic mass is 16.6. The second-order valence-corrected chi connectivity index (χ2v) is 2.32. The van der Waals surface area contributed by atoms with Gasteiger partial charge in [0.2, 0.25) is 0 Å². The first-order chi connectivity index (χ1) is 5.20. The summed E-state index contributed by atoms with van der Waals surface area (Å²) in [6, 6.07) is 1.54. The van der Waals surface area contributed by atoms with Gasteiger partial charge in [0, 0.05) is 6.20 Å². The van der Waals surface area contributed by atoms with Crippen LogP contribution in [0.4, 0.5) is 4.79 Å². The fourth-order valence-corrected chi connectivity index (χ4v) is 0.590. The third kappa shape index (κ3) is 2.07. The molecule has 0 aliphatic rings. The number of hydrogen-bond acceptors (Lipinski definition) is 3. The smallest absolute Gasteiger partial charge is 0.434 e. The average molecular weight is 153 g/mol. The number of nitrogens with zero attached hydrogens (tertiary/aromatic N) is 2. The second-order valence-electron chi connectivity index (χ2n) is 2.32. The monoisotopic (exact) mass is 153 g/mol. The quantitative estimate of drug-likeness (QED) is 0.606. The summed E-state index contributed by atoms with van der Waals surface area (Å²) in [5.74, 6) is 0. The van der Waals surface area contributed by atoms with E-state index in [1.165, 1.54) is 6.20 Å². The fraction of sp³-hybridized carbons (Fsp3) is 0.429. The van der Waals surface area contributed by atoms with Crippen molar-refractivity contribution in [1.82, 2.24) is 9.78 Å². The number of aromatic nitrogens is 2. The molecule has 1 radical (unpaired) electrons. The highest BCUT2D eigenvalue weighted by Crippen LogP contribution is 1.92. The average Bonchev–Trinajstić information content (AvgIpc) is 2.35. The molecular formula is C7H9N2O2. The predicted octanol–water partition coefficient (Wildman–Crippen LogP) is 1.08. The SMILES string of the molecule is CC(C)OC(=O)n1cc[c]n1. The van der Waals surface area contributed by atoms with Crippen LogP contribution in [0.15, 0.2) is 12.3 Å². The molecule has 0 aliphatic carbocycles. The summed E-state index contributed by atoms with van der Waals surface area (Å²) in [6.07, 6.45) is 3.40. The van der Waals surface area contributed by atoms with E-state index in [1.54, 1.807) is 19.9 Å². The first kappa shape index (κ1) is 7.78. The van der Waals surface area contributed by atoms with Gasteiger partial charge >= 0.3 is 6.09 Å². The van der Waals surface area contributed by atoms with Crippen molar-refractivity contribution in [2.24, 2.45) is 0 Å². The summed E-state index contributed by atoms with van der Waals surface area (Å²) in [4.78, 5) is 11.0. The van der Waals surface area contributed by atoms with E-state index in [4.69, 9.17) is 4.74 Å². The molecule has 0 amide bonds. The molecule has 59 valence electrons. The minimum absolute atomic E-state index is 0.119. The Balaban J connectivity index is 2.57. The summed E-state index contributed by atoms with van der Waals surface area (Å²) >= 11 is 0. The van der Waals surface area contributed by atoms with Crippen LogP contribution in [-0.2, 0) is 4.74 Å². The molecule has 4 nitrogen and oxygen atoms in total. The molecule has 4 heteroatoms. The Morgan fingerprint density at radius 1 is 1.73 bits per heavy atom. The van der Waals surface area contributed by atoms with Gasteiger partial charge in [-0.15, -0.1) is 0 Å². The molecule has 0 atom stereocenters. The number of carbonyl (C=O) groups excluding carboxylic acids is 1. The highest BCUT2D eigenvalue weighted by Gasteiger charge is 2.06. The highest BCUT2D eigenvalue weighted by molar-refractivity contribution is 5.69. The molecule has 1 aromatic rings. The Labute approximate surface area is 64.8 Å². The van der Waals surface area contributed by atoms with Crippen molar-refractivity contribution in [3.63, 3.8) is 0 Å². The lowest BCUT2D eigenvalue weighted by Gasteiger charge is -2.05. The largest absolute Gasteiger partial charge is 0.445 e. The van der Waals surface area contributed by atoms with Crippen molar-refractivity contribution in [3.8, 4) is 0 Å². The van der Waals surface area contributed by atoms with E-state index < -0.39 is 6.09 Å². The Morgan fingerprint density at radius 3 is 2.91 bits per heavy atom. The summed E-state index contributed by atoms with van der Waals surface area (Å²) in [7, 11) is 0. The van der Waals surface area contributed by atoms with Crippen molar-refractivity contribution >= 4 is 6.09 Å². The molecule has 1 rings (SSSR count). The van der Waals surface area contributed by atoms with Gasteiger partial charge in [0.15, 0.2) is 0 Å². The Kier molecular flexibility index (Phi) is 2.25. The summed E-state index contributed by atoms with van der Waals surface area (Å²) in [6.45, 7) is 3.57. The molecule has 0 unspecified atom stereocenters. The third-order valence-electron chi connectivity index (χ3n) is 0.979. The first-order valence-electron chi connectivity index (χ1n) is 3.33. The van der Waals surface area contributed by atoms with Crippen molar-refractivity contribution in [2.45, 2.75) is 20.0 Å². The minimum atomic E-state index is -0.471. The molecular weight excluding hydrogens is 144 g/mol. The van der Waals surface area contributed by atoms with Gasteiger partial charge in [-0.05, 0) is 19.9 Å². The third-order valence-corrected chi connectivity index (χ3v) is 0.979. The van der Waals surface area contributed by atoms with Gasteiger partial charge in [-0.1, -0.05) is 0 Å². The van der Waals surface area contributed by atoms with Crippen molar-refractivity contribution in [1.29, 1.82) is 0 Å². The number of carbonyl (C=O) groups is 1. The van der Waals surface area contributed by atoms with E-state index in [0.717, 1.165) is 4.68 Å². The van der Waals surface area contributed by atoms with Crippen molar-refractivity contribution in [3.05, 3.63) is 18.5 Å². The first-order valence-corrected chi connectivity index (χ1v) is 3.33. The zero-order valence-corrected chi connectivity index (χ0v) is 6.44. The maximum Gasteiger partial charge on any atom is 0.434 e. The van der Waals surface area contributed by atoms with E-state index in [-0.39, 0.29) is 6.10 Å². The zero-order valence-electron chi connectivity index (χ0n) is 6.44. The molecule has 1 aromatic heterocycles. The zero-order chi connectivity index (χ0) is 8.27. The molecule has 0 N–H and O–H groups in total. The van der Waals surface area contributed by atoms with Gasteiger partial charge in [-0.2, -0.15) is 9.78 Å². The Hall–Kier alpha value is -1.32. The van der Waals surface area contributed by atoms with Crippen LogP contribution in [0.5, 0.6) is 0 Å². The molecule has 11 heavy (non-hydrogen) atoms. The molecule has 0 saturated heterocycles. The number of rotatable bonds is 1. The standard InChI is InChI=1S/C7H9N2O2/c1-6(2)11-7(10)9-5-3-4-8-9/h3,5-6H,1-2H3. The van der Waals surface area contributed by atoms with Crippen LogP contribution in [0.1, 0.15) is 13.8 Å². The number of ether oxygens (including phenoxy) is 1. The Morgan fingerprint density at radius 2 is 2.45 bits per heavy atom. The van der Waals surface area contributed by atoms with Gasteiger partial charge in [0.1, 0.15) is 6.20 Å². The topological polar surface area (TPSA) is 44.1 Å².